The van der Waals surface area contributed by atoms with Crippen LogP contribution in [0, 0.1) is 0 Å². The minimum atomic E-state index is -4.85. The lowest BCUT2D eigenvalue weighted by molar-refractivity contribution is -0.274. The standard InChI is InChI=1S/C25H27ClF3N3O3.ClH/c1-34-12-11-32-15-20(18-3-2-4-22(23(18)32)35-25(27,28)29)24(33)31-9-7-17(8-10-31)19-13-16(14-30)5-6-21(19)26;/h2-6,13,15,17H,7-12,14,30H2,1H3;1H. The average Bonchev–Trinajstić information content (AvgIpc) is 3.21. The van der Waals surface area contributed by atoms with E-state index < -0.39 is 6.36 Å². The fourth-order valence-corrected chi connectivity index (χ4v) is 4.94. The van der Waals surface area contributed by atoms with Crippen molar-refractivity contribution in [2.75, 3.05) is 26.8 Å². The predicted octanol–water partition coefficient (Wildman–Crippen LogP) is 5.74. The Bertz CT molecular complexity index is 1210. The van der Waals surface area contributed by atoms with Crippen molar-refractivity contribution in [2.45, 2.75) is 38.2 Å². The molecule has 3 aromatic rings. The van der Waals surface area contributed by atoms with Crippen molar-refractivity contribution in [1.82, 2.24) is 9.47 Å². The number of aromatic nitrogens is 1. The van der Waals surface area contributed by atoms with Crippen LogP contribution in [-0.4, -0.2) is 48.5 Å². The second-order valence-electron chi connectivity index (χ2n) is 8.56. The Labute approximate surface area is 218 Å². The molecule has 1 amide bonds. The number of likely N-dealkylation sites (tertiary alicyclic amines) is 1. The number of fused-ring (bicyclic) bond motifs is 1. The summed E-state index contributed by atoms with van der Waals surface area (Å²) in [5, 5.41) is 1.10. The zero-order chi connectivity index (χ0) is 25.2. The Hall–Kier alpha value is -2.46. The minimum Gasteiger partial charge on any atom is -0.404 e. The average molecular weight is 546 g/mol. The van der Waals surface area contributed by atoms with E-state index in [1.807, 2.05) is 18.2 Å². The number of methoxy groups -OCH3 is 1. The number of carbonyl (C=O) groups excluding carboxylic acids is 1. The van der Waals surface area contributed by atoms with Crippen LogP contribution in [0.3, 0.4) is 0 Å². The highest BCUT2D eigenvalue weighted by atomic mass is 35.5. The molecule has 2 aromatic carbocycles. The first-order chi connectivity index (χ1) is 16.7. The summed E-state index contributed by atoms with van der Waals surface area (Å²) in [4.78, 5) is 15.2. The fraction of sp³-hybridized carbons (Fsp3) is 0.400. The summed E-state index contributed by atoms with van der Waals surface area (Å²) in [6, 6.07) is 10.1. The number of amides is 1. The molecule has 2 N–H and O–H groups in total. The van der Waals surface area contributed by atoms with E-state index in [1.165, 1.54) is 19.2 Å². The number of benzene rings is 2. The van der Waals surface area contributed by atoms with Crippen LogP contribution in [0.15, 0.2) is 42.6 Å². The third-order valence-corrected chi connectivity index (χ3v) is 6.72. The summed E-state index contributed by atoms with van der Waals surface area (Å²) in [6.07, 6.45) is -1.81. The van der Waals surface area contributed by atoms with Crippen LogP contribution in [0.5, 0.6) is 5.75 Å². The van der Waals surface area contributed by atoms with Gasteiger partial charge in [-0.3, -0.25) is 4.79 Å². The SMILES string of the molecule is COCCn1cc(C(=O)N2CCC(c3cc(CN)ccc3Cl)CC2)c2cccc(OC(F)(F)F)c21.Cl. The molecule has 196 valence electrons. The van der Waals surface area contributed by atoms with Crippen molar-refractivity contribution in [3.05, 3.63) is 64.3 Å². The third-order valence-electron chi connectivity index (χ3n) is 6.37. The number of alkyl halides is 3. The Kier molecular flexibility index (Phi) is 9.16. The number of para-hydroxylation sites is 1. The highest BCUT2D eigenvalue weighted by Gasteiger charge is 2.33. The summed E-state index contributed by atoms with van der Waals surface area (Å²) >= 11 is 6.43. The van der Waals surface area contributed by atoms with Crippen LogP contribution in [0.1, 0.15) is 40.2 Å². The molecule has 1 aliphatic rings. The predicted molar refractivity (Wildman–Crippen MR) is 135 cm³/mol. The van der Waals surface area contributed by atoms with Crippen LogP contribution in [0.25, 0.3) is 10.9 Å². The van der Waals surface area contributed by atoms with Crippen LogP contribution < -0.4 is 10.5 Å². The maximum Gasteiger partial charge on any atom is 0.573 e. The van der Waals surface area contributed by atoms with E-state index in [4.69, 9.17) is 22.1 Å². The molecule has 0 aliphatic carbocycles. The van der Waals surface area contributed by atoms with Crippen LogP contribution in [-0.2, 0) is 17.8 Å². The Balaban J connectivity index is 0.00000361. The normalized spacial score (nSPS) is 14.7. The molecule has 0 radical (unpaired) electrons. The molecule has 11 heteroatoms. The van der Waals surface area contributed by atoms with E-state index in [0.29, 0.717) is 35.6 Å². The molecule has 0 atom stereocenters. The van der Waals surface area contributed by atoms with Gasteiger partial charge in [-0.15, -0.1) is 25.6 Å². The summed E-state index contributed by atoms with van der Waals surface area (Å²) in [6.45, 7) is 1.99. The van der Waals surface area contributed by atoms with Crippen LogP contribution in [0.2, 0.25) is 5.02 Å². The Morgan fingerprint density at radius 2 is 1.92 bits per heavy atom. The van der Waals surface area contributed by atoms with Crippen molar-refractivity contribution in [3.8, 4) is 5.75 Å². The highest BCUT2D eigenvalue weighted by molar-refractivity contribution is 6.31. The lowest BCUT2D eigenvalue weighted by atomic mass is 9.88. The van der Waals surface area contributed by atoms with Crippen molar-refractivity contribution in [3.63, 3.8) is 0 Å². The van der Waals surface area contributed by atoms with E-state index in [0.717, 1.165) is 24.0 Å². The number of piperidine rings is 1. The Morgan fingerprint density at radius 3 is 2.56 bits per heavy atom. The maximum atomic E-state index is 13.5. The quantitative estimate of drug-likeness (QED) is 0.411. The van der Waals surface area contributed by atoms with E-state index in [2.05, 4.69) is 4.74 Å². The van der Waals surface area contributed by atoms with Crippen LogP contribution >= 0.6 is 24.0 Å². The molecule has 1 fully saturated rings. The largest absolute Gasteiger partial charge is 0.573 e. The number of ether oxygens (including phenoxy) is 2. The van der Waals surface area contributed by atoms with Crippen molar-refractivity contribution >= 4 is 40.8 Å². The Morgan fingerprint density at radius 1 is 1.19 bits per heavy atom. The first kappa shape index (κ1) is 28.1. The number of hydrogen-bond donors (Lipinski definition) is 1. The second kappa shape index (κ2) is 11.7. The molecule has 4 rings (SSSR count). The zero-order valence-electron chi connectivity index (χ0n) is 19.7. The van der Waals surface area contributed by atoms with Gasteiger partial charge in [0.2, 0.25) is 0 Å². The molecule has 0 unspecified atom stereocenters. The second-order valence-corrected chi connectivity index (χ2v) is 8.96. The topological polar surface area (TPSA) is 69.7 Å². The number of nitrogens with zero attached hydrogens (tertiary/aromatic N) is 2. The number of carbonyl (C=O) groups is 1. The summed E-state index contributed by atoms with van der Waals surface area (Å²) in [5.41, 5.74) is 8.36. The van der Waals surface area contributed by atoms with Gasteiger partial charge < -0.3 is 24.7 Å². The highest BCUT2D eigenvalue weighted by Crippen LogP contribution is 2.36. The van der Waals surface area contributed by atoms with Gasteiger partial charge in [0.25, 0.3) is 5.91 Å². The van der Waals surface area contributed by atoms with E-state index in [9.17, 15) is 18.0 Å². The first-order valence-corrected chi connectivity index (χ1v) is 11.7. The van der Waals surface area contributed by atoms with Gasteiger partial charge in [0, 0.05) is 49.9 Å². The molecule has 1 aliphatic heterocycles. The zero-order valence-corrected chi connectivity index (χ0v) is 21.3. The molecule has 0 spiro atoms. The van der Waals surface area contributed by atoms with Gasteiger partial charge in [0.05, 0.1) is 17.7 Å². The number of rotatable bonds is 7. The molecule has 1 aromatic heterocycles. The summed E-state index contributed by atoms with van der Waals surface area (Å²) in [7, 11) is 1.50. The van der Waals surface area contributed by atoms with Crippen molar-refractivity contribution < 1.29 is 27.4 Å². The van der Waals surface area contributed by atoms with Gasteiger partial charge in [-0.1, -0.05) is 35.9 Å². The molecule has 0 bridgehead atoms. The lowest BCUT2D eigenvalue weighted by Crippen LogP contribution is -2.38. The van der Waals surface area contributed by atoms with Gasteiger partial charge in [0.1, 0.15) is 0 Å². The molecule has 0 saturated carbocycles. The lowest BCUT2D eigenvalue weighted by Gasteiger charge is -2.32. The van der Waals surface area contributed by atoms with Gasteiger partial charge >= 0.3 is 6.36 Å². The smallest absolute Gasteiger partial charge is 0.404 e. The van der Waals surface area contributed by atoms with Gasteiger partial charge in [-0.25, -0.2) is 0 Å². The first-order valence-electron chi connectivity index (χ1n) is 11.4. The van der Waals surface area contributed by atoms with Crippen LogP contribution in [0.4, 0.5) is 13.2 Å². The van der Waals surface area contributed by atoms with Gasteiger partial charge in [0.15, 0.2) is 5.75 Å². The van der Waals surface area contributed by atoms with E-state index in [1.54, 1.807) is 21.7 Å². The molecular formula is C25H28Cl2F3N3O3. The van der Waals surface area contributed by atoms with E-state index >= 15 is 0 Å². The monoisotopic (exact) mass is 545 g/mol. The van der Waals surface area contributed by atoms with Crippen molar-refractivity contribution in [1.29, 1.82) is 0 Å². The number of nitrogens with two attached hydrogens (primary N) is 1. The fourth-order valence-electron chi connectivity index (χ4n) is 4.67. The minimum absolute atomic E-state index is 0. The van der Waals surface area contributed by atoms with Gasteiger partial charge in [-0.05, 0) is 42.0 Å². The molecule has 6 nitrogen and oxygen atoms in total. The number of hydrogen-bond acceptors (Lipinski definition) is 4. The maximum absolute atomic E-state index is 13.5. The molecule has 36 heavy (non-hydrogen) atoms. The third kappa shape index (κ3) is 6.08. The molecule has 2 heterocycles. The van der Waals surface area contributed by atoms with E-state index in [-0.39, 0.29) is 48.6 Å². The van der Waals surface area contributed by atoms with Crippen molar-refractivity contribution in [2.24, 2.45) is 5.73 Å². The molecule has 1 saturated heterocycles. The molecular weight excluding hydrogens is 518 g/mol. The number of halogens is 5. The van der Waals surface area contributed by atoms with Gasteiger partial charge in [-0.2, -0.15) is 0 Å². The summed E-state index contributed by atoms with van der Waals surface area (Å²) < 4.78 is 50.0. The summed E-state index contributed by atoms with van der Waals surface area (Å²) in [5.74, 6) is -0.373.